The molecule has 2 fully saturated rings. The normalized spacial score (nSPS) is 15.8. The Hall–Kier alpha value is -4.12. The number of benzene rings is 1. The third kappa shape index (κ3) is 8.54. The lowest BCUT2D eigenvalue weighted by molar-refractivity contribution is 0.0698. The summed E-state index contributed by atoms with van der Waals surface area (Å²) in [5.41, 5.74) is 2.13. The van der Waals surface area contributed by atoms with Gasteiger partial charge in [-0.25, -0.2) is 19.3 Å². The van der Waals surface area contributed by atoms with Crippen LogP contribution >= 0.6 is 11.3 Å². The van der Waals surface area contributed by atoms with Gasteiger partial charge in [-0.1, -0.05) is 17.7 Å². The van der Waals surface area contributed by atoms with Gasteiger partial charge < -0.3 is 25.7 Å². The molecule has 45 heavy (non-hydrogen) atoms. The first kappa shape index (κ1) is 33.8. The Morgan fingerprint density at radius 3 is 2.42 bits per heavy atom. The first-order valence-corrected chi connectivity index (χ1v) is 16.6. The molecule has 1 aliphatic heterocycles. The molecule has 2 amide bonds. The number of carbonyl (C=O) groups excluding carboxylic acids is 2. The first-order chi connectivity index (χ1) is 21.0. The lowest BCUT2D eigenvalue weighted by Gasteiger charge is -2.32. The third-order valence-corrected chi connectivity index (χ3v) is 9.39. The second-order valence-corrected chi connectivity index (χ2v) is 13.3. The number of hydrogen-bond donors (Lipinski definition) is 3. The molecule has 6 rings (SSSR count). The smallest absolute Gasteiger partial charge is 0.407 e. The first-order valence-electron chi connectivity index (χ1n) is 14.3. The van der Waals surface area contributed by atoms with E-state index >= 15 is 0 Å². The molecule has 16 heteroatoms. The zero-order valence-corrected chi connectivity index (χ0v) is 26.8. The van der Waals surface area contributed by atoms with E-state index in [1.807, 2.05) is 18.5 Å². The van der Waals surface area contributed by atoms with Crippen molar-refractivity contribution in [2.45, 2.75) is 56.5 Å². The number of aryl methyl sites for hydroxylation is 1. The van der Waals surface area contributed by atoms with Gasteiger partial charge in [0.2, 0.25) is 0 Å². The van der Waals surface area contributed by atoms with Crippen LogP contribution in [-0.2, 0) is 14.9 Å². The number of likely N-dealkylation sites (tertiary alicyclic amines) is 1. The van der Waals surface area contributed by atoms with Crippen molar-refractivity contribution in [3.05, 3.63) is 59.4 Å². The maximum atomic E-state index is 13.4. The highest BCUT2D eigenvalue weighted by Gasteiger charge is 2.30. The average Bonchev–Trinajstić information content (AvgIpc) is 3.63. The number of amides is 2. The monoisotopic (exact) mass is 659 g/mol. The molecule has 5 N–H and O–H groups in total. The zero-order chi connectivity index (χ0) is 31.4. The molecule has 1 unspecified atom stereocenters. The number of carbonyl (C=O) groups is 2. The lowest BCUT2D eigenvalue weighted by Crippen LogP contribution is -2.46. The molecule has 4 aromatic rings. The highest BCUT2D eigenvalue weighted by molar-refractivity contribution is 7.85. The van der Waals surface area contributed by atoms with Gasteiger partial charge in [0.05, 0.1) is 23.8 Å². The summed E-state index contributed by atoms with van der Waals surface area (Å²) < 4.78 is 36.0. The van der Waals surface area contributed by atoms with Gasteiger partial charge in [0.25, 0.3) is 16.0 Å². The molecule has 242 valence electrons. The minimum atomic E-state index is -4.02. The fourth-order valence-corrected chi connectivity index (χ4v) is 6.18. The van der Waals surface area contributed by atoms with Gasteiger partial charge in [-0.2, -0.15) is 13.5 Å². The number of aromatic nitrogens is 4. The SMILES string of the molecule is COC(=O)NC1CCN(C(=O)c2cc(NC(C)C3CC3)nc(-c3cnn4ccsc34)n2)CC1.Cc1ccc(S(=O)(=O)O)cc1.O. The molecule has 1 saturated carbocycles. The molecule has 2 aliphatic rings. The quantitative estimate of drug-likeness (QED) is 0.247. The molecule has 1 saturated heterocycles. The summed E-state index contributed by atoms with van der Waals surface area (Å²) in [6.07, 6.45) is 6.95. The van der Waals surface area contributed by atoms with Crippen LogP contribution in [0.4, 0.5) is 10.6 Å². The number of hydrogen-bond acceptors (Lipinski definition) is 10. The maximum absolute atomic E-state index is 13.4. The highest BCUT2D eigenvalue weighted by atomic mass is 32.2. The van der Waals surface area contributed by atoms with E-state index in [9.17, 15) is 18.0 Å². The minimum absolute atomic E-state index is 0. The molecule has 1 aliphatic carbocycles. The summed E-state index contributed by atoms with van der Waals surface area (Å²) in [7, 11) is -2.67. The molecule has 0 spiro atoms. The topological polar surface area (TPSA) is 200 Å². The summed E-state index contributed by atoms with van der Waals surface area (Å²) in [5.74, 6) is 1.66. The van der Waals surface area contributed by atoms with Crippen molar-refractivity contribution in [1.82, 2.24) is 29.8 Å². The zero-order valence-electron chi connectivity index (χ0n) is 25.1. The van der Waals surface area contributed by atoms with E-state index in [0.717, 1.165) is 16.0 Å². The van der Waals surface area contributed by atoms with E-state index in [1.165, 1.54) is 32.1 Å². The number of thiazole rings is 1. The average molecular weight is 660 g/mol. The Balaban J connectivity index is 0.000000327. The number of ether oxygens (including phenoxy) is 1. The molecule has 0 radical (unpaired) electrons. The number of nitrogens with one attached hydrogen (secondary N) is 2. The van der Waals surface area contributed by atoms with Crippen molar-refractivity contribution in [2.75, 3.05) is 25.5 Å². The van der Waals surface area contributed by atoms with Crippen molar-refractivity contribution in [2.24, 2.45) is 5.92 Å². The minimum Gasteiger partial charge on any atom is -0.453 e. The summed E-state index contributed by atoms with van der Waals surface area (Å²) in [6.45, 7) is 5.07. The van der Waals surface area contributed by atoms with Crippen LogP contribution in [0, 0.1) is 12.8 Å². The predicted molar refractivity (Wildman–Crippen MR) is 169 cm³/mol. The number of anilines is 1. The van der Waals surface area contributed by atoms with Crippen LogP contribution < -0.4 is 10.6 Å². The fraction of sp³-hybridized carbons (Fsp3) is 0.414. The van der Waals surface area contributed by atoms with E-state index in [0.29, 0.717) is 49.2 Å². The van der Waals surface area contributed by atoms with Crippen molar-refractivity contribution >= 4 is 44.1 Å². The second kappa shape index (κ2) is 14.3. The van der Waals surface area contributed by atoms with Crippen LogP contribution in [0.2, 0.25) is 0 Å². The molecule has 1 aromatic carbocycles. The second-order valence-electron chi connectivity index (χ2n) is 10.9. The van der Waals surface area contributed by atoms with Gasteiger partial charge in [-0.3, -0.25) is 9.35 Å². The van der Waals surface area contributed by atoms with Crippen LogP contribution in [0.15, 0.2) is 53.0 Å². The van der Waals surface area contributed by atoms with Crippen LogP contribution in [0.1, 0.15) is 48.7 Å². The van der Waals surface area contributed by atoms with Crippen molar-refractivity contribution < 1.29 is 32.8 Å². The van der Waals surface area contributed by atoms with Gasteiger partial charge in [-0.05, 0) is 57.6 Å². The van der Waals surface area contributed by atoms with Gasteiger partial charge in [-0.15, -0.1) is 11.3 Å². The fourth-order valence-electron chi connectivity index (χ4n) is 4.90. The van der Waals surface area contributed by atoms with Crippen molar-refractivity contribution in [1.29, 1.82) is 0 Å². The Bertz CT molecular complexity index is 1730. The highest BCUT2D eigenvalue weighted by Crippen LogP contribution is 2.34. The summed E-state index contributed by atoms with van der Waals surface area (Å²) in [5, 5.41) is 12.6. The van der Waals surface area contributed by atoms with E-state index < -0.39 is 16.2 Å². The number of nitrogens with zero attached hydrogens (tertiary/aromatic N) is 5. The Labute approximate surface area is 264 Å². The Morgan fingerprint density at radius 2 is 1.80 bits per heavy atom. The van der Waals surface area contributed by atoms with E-state index in [1.54, 1.807) is 45.1 Å². The molecular weight excluding hydrogens is 622 g/mol. The Morgan fingerprint density at radius 1 is 1.11 bits per heavy atom. The van der Waals surface area contributed by atoms with E-state index in [-0.39, 0.29) is 28.4 Å². The molecule has 4 heterocycles. The van der Waals surface area contributed by atoms with Crippen LogP contribution in [0.25, 0.3) is 16.2 Å². The summed E-state index contributed by atoms with van der Waals surface area (Å²) in [6, 6.07) is 8.02. The van der Waals surface area contributed by atoms with Crippen molar-refractivity contribution in [3.63, 3.8) is 0 Å². The largest absolute Gasteiger partial charge is 0.453 e. The molecule has 0 bridgehead atoms. The molecule has 14 nitrogen and oxygen atoms in total. The van der Waals surface area contributed by atoms with Gasteiger partial charge >= 0.3 is 6.09 Å². The lowest BCUT2D eigenvalue weighted by atomic mass is 10.0. The van der Waals surface area contributed by atoms with E-state index in [4.69, 9.17) is 9.54 Å². The van der Waals surface area contributed by atoms with Crippen LogP contribution in [0.5, 0.6) is 0 Å². The number of rotatable bonds is 7. The van der Waals surface area contributed by atoms with Gasteiger partial charge in [0, 0.05) is 42.8 Å². The predicted octanol–water partition coefficient (Wildman–Crippen LogP) is 3.44. The number of methoxy groups -OCH3 is 1. The molecular formula is C29H37N7O7S2. The standard InChI is InChI=1S/C22H27N7O3S.C7H8O3S.H2O/c1-13(14-3-4-14)24-18-11-17(20(30)28-7-5-15(6-8-28)25-22(31)32-2)26-19(27-18)16-12-23-29-9-10-33-21(16)29;1-6-2-4-7(5-3-6)11(8,9)10;/h9-15H,3-8H2,1-2H3,(H,25,31)(H,24,26,27);2-5H,1H3,(H,8,9,10);1H2. The molecule has 1 atom stereocenters. The van der Waals surface area contributed by atoms with Gasteiger partial charge in [0.1, 0.15) is 16.3 Å². The molecule has 3 aromatic heterocycles. The third-order valence-electron chi connectivity index (χ3n) is 7.63. The van der Waals surface area contributed by atoms with Gasteiger partial charge in [0.15, 0.2) is 5.82 Å². The number of piperidine rings is 1. The van der Waals surface area contributed by atoms with Crippen LogP contribution in [0.3, 0.4) is 0 Å². The summed E-state index contributed by atoms with van der Waals surface area (Å²) in [4.78, 5) is 36.9. The van der Waals surface area contributed by atoms with Crippen LogP contribution in [-0.4, -0.2) is 87.2 Å². The maximum Gasteiger partial charge on any atom is 0.407 e. The van der Waals surface area contributed by atoms with E-state index in [2.05, 4.69) is 32.4 Å². The summed E-state index contributed by atoms with van der Waals surface area (Å²) >= 11 is 1.56. The Kier molecular flexibility index (Phi) is 10.7. The number of fused-ring (bicyclic) bond motifs is 1. The number of alkyl carbamates (subject to hydrolysis) is 1. The van der Waals surface area contributed by atoms with Crippen molar-refractivity contribution in [3.8, 4) is 11.4 Å².